The summed E-state index contributed by atoms with van der Waals surface area (Å²) in [6, 6.07) is 3.75. The minimum Gasteiger partial charge on any atom is -0.339 e. The van der Waals surface area contributed by atoms with Gasteiger partial charge in [0.2, 0.25) is 11.7 Å². The van der Waals surface area contributed by atoms with Gasteiger partial charge < -0.3 is 4.52 Å². The predicted octanol–water partition coefficient (Wildman–Crippen LogP) is 1.99. The molecule has 0 atom stereocenters. The van der Waals surface area contributed by atoms with E-state index >= 15 is 0 Å². The van der Waals surface area contributed by atoms with Gasteiger partial charge in [-0.05, 0) is 31.9 Å². The zero-order chi connectivity index (χ0) is 16.3. The summed E-state index contributed by atoms with van der Waals surface area (Å²) in [5, 5.41) is 4.02. The third-order valence-corrected chi connectivity index (χ3v) is 4.39. The maximum absolute atomic E-state index is 13.0. The summed E-state index contributed by atoms with van der Waals surface area (Å²) < 4.78 is 8.70. The van der Waals surface area contributed by atoms with Crippen LogP contribution in [0, 0.1) is 0 Å². The maximum atomic E-state index is 13.0. The summed E-state index contributed by atoms with van der Waals surface area (Å²) in [4.78, 5) is 26.1. The molecule has 0 unspecified atom stereocenters. The Labute approximate surface area is 135 Å². The Hall–Kier alpha value is -3.03. The lowest BCUT2D eigenvalue weighted by atomic mass is 10.3. The summed E-state index contributed by atoms with van der Waals surface area (Å²) in [5.41, 5.74) is 2.19. The largest absolute Gasteiger partial charge is 0.339 e. The van der Waals surface area contributed by atoms with E-state index < -0.39 is 0 Å². The van der Waals surface area contributed by atoms with Gasteiger partial charge in [0.15, 0.2) is 5.65 Å². The topological polar surface area (TPSA) is 91.1 Å². The minimum absolute atomic E-state index is 0.158. The highest BCUT2D eigenvalue weighted by Gasteiger charge is 2.30. The van der Waals surface area contributed by atoms with E-state index in [4.69, 9.17) is 4.52 Å². The van der Waals surface area contributed by atoms with Crippen LogP contribution < -0.4 is 5.56 Å². The SMILES string of the molecule is CCn1c(=O)c2c(-c3noc(C4CC4)n3)ncn2c2cccnc21. The molecule has 5 rings (SSSR count). The highest BCUT2D eigenvalue weighted by Crippen LogP contribution is 2.39. The van der Waals surface area contributed by atoms with E-state index in [2.05, 4.69) is 20.1 Å². The van der Waals surface area contributed by atoms with Crippen LogP contribution in [0.5, 0.6) is 0 Å². The highest BCUT2D eigenvalue weighted by molar-refractivity contribution is 5.81. The van der Waals surface area contributed by atoms with E-state index in [0.717, 1.165) is 18.4 Å². The van der Waals surface area contributed by atoms with E-state index in [1.165, 1.54) is 0 Å². The molecule has 0 spiro atoms. The van der Waals surface area contributed by atoms with E-state index in [9.17, 15) is 4.79 Å². The number of fused-ring (bicyclic) bond motifs is 3. The van der Waals surface area contributed by atoms with Gasteiger partial charge in [0.1, 0.15) is 17.5 Å². The lowest BCUT2D eigenvalue weighted by Crippen LogP contribution is -2.23. The first-order valence-electron chi connectivity index (χ1n) is 7.96. The van der Waals surface area contributed by atoms with Crippen molar-refractivity contribution in [3.05, 3.63) is 40.9 Å². The van der Waals surface area contributed by atoms with Gasteiger partial charge in [0.05, 0.1) is 5.52 Å². The fraction of sp³-hybridized carbons (Fsp3) is 0.312. The Morgan fingerprint density at radius 3 is 3.00 bits per heavy atom. The van der Waals surface area contributed by atoms with Crippen LogP contribution in [0.1, 0.15) is 31.6 Å². The predicted molar refractivity (Wildman–Crippen MR) is 85.7 cm³/mol. The zero-order valence-electron chi connectivity index (χ0n) is 13.0. The van der Waals surface area contributed by atoms with E-state index in [0.29, 0.717) is 41.0 Å². The van der Waals surface area contributed by atoms with Crippen LogP contribution in [0.4, 0.5) is 0 Å². The summed E-state index contributed by atoms with van der Waals surface area (Å²) in [6.07, 6.45) is 5.44. The molecule has 8 nitrogen and oxygen atoms in total. The molecule has 1 saturated carbocycles. The third-order valence-electron chi connectivity index (χ3n) is 4.39. The van der Waals surface area contributed by atoms with Crippen LogP contribution in [0.15, 0.2) is 34.0 Å². The molecular weight excluding hydrogens is 308 g/mol. The Bertz CT molecular complexity index is 1130. The molecule has 0 saturated heterocycles. The van der Waals surface area contributed by atoms with Crippen molar-refractivity contribution < 1.29 is 4.52 Å². The lowest BCUT2D eigenvalue weighted by Gasteiger charge is -2.08. The number of hydrogen-bond acceptors (Lipinski definition) is 6. The quantitative estimate of drug-likeness (QED) is 0.573. The van der Waals surface area contributed by atoms with Crippen molar-refractivity contribution in [2.75, 3.05) is 0 Å². The van der Waals surface area contributed by atoms with Crippen LogP contribution in [0.3, 0.4) is 0 Å². The standard InChI is InChI=1S/C16H14N6O2/c1-2-21-14-10(4-3-7-17-14)22-8-18-11(12(22)16(21)23)13-19-15(24-20-13)9-5-6-9/h3-4,7-9H,2,5-6H2,1H3. The Morgan fingerprint density at radius 1 is 1.33 bits per heavy atom. The normalized spacial score (nSPS) is 14.7. The molecule has 1 aliphatic rings. The fourth-order valence-corrected chi connectivity index (χ4v) is 3.03. The molecule has 0 radical (unpaired) electrons. The monoisotopic (exact) mass is 322 g/mol. The second-order valence-corrected chi connectivity index (χ2v) is 5.94. The van der Waals surface area contributed by atoms with Gasteiger partial charge in [-0.1, -0.05) is 5.16 Å². The fourth-order valence-electron chi connectivity index (χ4n) is 3.03. The molecule has 4 aromatic rings. The summed E-state index contributed by atoms with van der Waals surface area (Å²) in [6.45, 7) is 2.44. The number of nitrogens with zero attached hydrogens (tertiary/aromatic N) is 6. The van der Waals surface area contributed by atoms with Gasteiger partial charge in [-0.2, -0.15) is 4.98 Å². The molecule has 1 fully saturated rings. The first-order valence-corrected chi connectivity index (χ1v) is 7.96. The van der Waals surface area contributed by atoms with Crippen LogP contribution in [-0.4, -0.2) is 29.1 Å². The second-order valence-electron chi connectivity index (χ2n) is 5.94. The van der Waals surface area contributed by atoms with Gasteiger partial charge in [-0.3, -0.25) is 13.8 Å². The van der Waals surface area contributed by atoms with Gasteiger partial charge >= 0.3 is 0 Å². The average Bonchev–Trinajstić information content (AvgIpc) is 3.17. The van der Waals surface area contributed by atoms with Crippen LogP contribution >= 0.6 is 0 Å². The molecule has 0 aliphatic heterocycles. The van der Waals surface area contributed by atoms with Crippen molar-refractivity contribution in [3.63, 3.8) is 0 Å². The van der Waals surface area contributed by atoms with Crippen molar-refractivity contribution in [2.24, 2.45) is 0 Å². The number of rotatable bonds is 3. The van der Waals surface area contributed by atoms with Crippen LogP contribution in [0.2, 0.25) is 0 Å². The van der Waals surface area contributed by atoms with Gasteiger partial charge in [0.25, 0.3) is 5.56 Å². The number of pyridine rings is 1. The van der Waals surface area contributed by atoms with Crippen molar-refractivity contribution in [2.45, 2.75) is 32.2 Å². The van der Waals surface area contributed by atoms with E-state index in [-0.39, 0.29) is 5.56 Å². The zero-order valence-corrected chi connectivity index (χ0v) is 13.0. The molecule has 24 heavy (non-hydrogen) atoms. The molecule has 120 valence electrons. The van der Waals surface area contributed by atoms with Gasteiger partial charge in [-0.25, -0.2) is 9.97 Å². The maximum Gasteiger partial charge on any atom is 0.278 e. The molecule has 1 aliphatic carbocycles. The smallest absolute Gasteiger partial charge is 0.278 e. The number of imidazole rings is 1. The van der Waals surface area contributed by atoms with E-state index in [1.807, 2.05) is 19.1 Å². The molecule has 0 aromatic carbocycles. The van der Waals surface area contributed by atoms with Gasteiger partial charge in [0, 0.05) is 18.7 Å². The van der Waals surface area contributed by atoms with Crippen LogP contribution in [0.25, 0.3) is 28.2 Å². The summed E-state index contributed by atoms with van der Waals surface area (Å²) >= 11 is 0. The highest BCUT2D eigenvalue weighted by atomic mass is 16.5. The Balaban J connectivity index is 1.84. The van der Waals surface area contributed by atoms with Gasteiger partial charge in [-0.15, -0.1) is 0 Å². The first kappa shape index (κ1) is 13.4. The van der Waals surface area contributed by atoms with E-state index in [1.54, 1.807) is 21.5 Å². The molecule has 4 heterocycles. The Morgan fingerprint density at radius 2 is 2.21 bits per heavy atom. The summed E-state index contributed by atoms with van der Waals surface area (Å²) in [7, 11) is 0. The number of hydrogen-bond donors (Lipinski definition) is 0. The molecule has 0 amide bonds. The van der Waals surface area contributed by atoms with Crippen molar-refractivity contribution in [3.8, 4) is 11.5 Å². The van der Waals surface area contributed by atoms with Crippen LogP contribution in [-0.2, 0) is 6.54 Å². The Kier molecular flexibility index (Phi) is 2.64. The lowest BCUT2D eigenvalue weighted by molar-refractivity contribution is 0.380. The van der Waals surface area contributed by atoms with Crippen molar-refractivity contribution >= 4 is 16.7 Å². The first-order chi connectivity index (χ1) is 11.8. The molecule has 0 N–H and O–H groups in total. The number of aryl methyl sites for hydroxylation is 1. The summed E-state index contributed by atoms with van der Waals surface area (Å²) in [5.74, 6) is 1.35. The van der Waals surface area contributed by atoms with Crippen molar-refractivity contribution in [1.29, 1.82) is 0 Å². The molecular formula is C16H14N6O2. The molecule has 0 bridgehead atoms. The van der Waals surface area contributed by atoms with Crippen molar-refractivity contribution in [1.82, 2.24) is 29.1 Å². The third kappa shape index (κ3) is 1.76. The minimum atomic E-state index is -0.158. The molecule has 8 heteroatoms. The number of aromatic nitrogens is 6. The second kappa shape index (κ2) is 4.73. The average molecular weight is 322 g/mol. The molecule has 4 aromatic heterocycles.